The zero-order chi connectivity index (χ0) is 19.9. The van der Waals surface area contributed by atoms with Crippen LogP contribution in [0.2, 0.25) is 0 Å². The Bertz CT molecular complexity index is 768. The van der Waals surface area contributed by atoms with Gasteiger partial charge in [-0.05, 0) is 31.0 Å². The minimum absolute atomic E-state index is 0.0236. The number of hydrogen-bond acceptors (Lipinski definition) is 5. The third-order valence-corrected chi connectivity index (χ3v) is 4.98. The Hall–Kier alpha value is -2.33. The summed E-state index contributed by atoms with van der Waals surface area (Å²) in [6, 6.07) is 3.96. The number of nitrogens with one attached hydrogen (secondary N) is 2. The Kier molecular flexibility index (Phi) is 4.92. The molecule has 2 amide bonds. The summed E-state index contributed by atoms with van der Waals surface area (Å²) in [5.74, 6) is 0.0373. The first-order valence-corrected chi connectivity index (χ1v) is 9.00. The molecule has 7 nitrogen and oxygen atoms in total. The van der Waals surface area contributed by atoms with Crippen LogP contribution >= 0.6 is 0 Å². The van der Waals surface area contributed by atoms with E-state index in [4.69, 9.17) is 14.2 Å². The first-order valence-electron chi connectivity index (χ1n) is 9.00. The topological polar surface area (TPSA) is 85.9 Å². The van der Waals surface area contributed by atoms with Gasteiger partial charge in [-0.2, -0.15) is 13.2 Å². The highest BCUT2D eigenvalue weighted by molar-refractivity contribution is 5.85. The molecule has 0 aromatic heterocycles. The Morgan fingerprint density at radius 1 is 1.11 bits per heavy atom. The number of benzene rings is 1. The van der Waals surface area contributed by atoms with Crippen LogP contribution in [0.25, 0.3) is 0 Å². The molecule has 28 heavy (non-hydrogen) atoms. The van der Waals surface area contributed by atoms with Gasteiger partial charge in [0.1, 0.15) is 12.2 Å². The molecule has 3 fully saturated rings. The van der Waals surface area contributed by atoms with Crippen LogP contribution in [0.15, 0.2) is 24.3 Å². The van der Waals surface area contributed by atoms with Crippen molar-refractivity contribution in [3.8, 4) is 0 Å². The van der Waals surface area contributed by atoms with Crippen LogP contribution in [0.3, 0.4) is 0 Å². The summed E-state index contributed by atoms with van der Waals surface area (Å²) in [6.07, 6.45) is -5.30. The summed E-state index contributed by atoms with van der Waals surface area (Å²) >= 11 is 0. The number of anilines is 1. The van der Waals surface area contributed by atoms with Crippen molar-refractivity contribution in [3.63, 3.8) is 0 Å². The largest absolute Gasteiger partial charge is 0.441 e. The molecule has 152 valence electrons. The Morgan fingerprint density at radius 3 is 2.57 bits per heavy atom. The molecule has 0 unspecified atom stereocenters. The van der Waals surface area contributed by atoms with Gasteiger partial charge < -0.3 is 19.5 Å². The highest BCUT2D eigenvalue weighted by Crippen LogP contribution is 2.33. The highest BCUT2D eigenvalue weighted by Gasteiger charge is 2.50. The number of ether oxygens (including phenoxy) is 3. The normalized spacial score (nSPS) is 29.2. The van der Waals surface area contributed by atoms with Crippen molar-refractivity contribution in [2.24, 2.45) is 5.92 Å². The number of hydrogen-bond donors (Lipinski definition) is 2. The summed E-state index contributed by atoms with van der Waals surface area (Å²) in [4.78, 5) is 24.0. The maximum Gasteiger partial charge on any atom is 0.416 e. The molecular weight excluding hydrogens is 381 g/mol. The lowest BCUT2D eigenvalue weighted by atomic mass is 10.1. The second-order valence-electron chi connectivity index (χ2n) is 7.13. The molecule has 0 radical (unpaired) electrons. The molecule has 2 N–H and O–H groups in total. The van der Waals surface area contributed by atoms with Crippen LogP contribution in [0.4, 0.5) is 23.7 Å². The van der Waals surface area contributed by atoms with Gasteiger partial charge in [-0.25, -0.2) is 4.79 Å². The zero-order valence-electron chi connectivity index (χ0n) is 14.7. The fraction of sp³-hybridized carbons (Fsp3) is 0.556. The molecule has 2 saturated heterocycles. The minimum atomic E-state index is -4.51. The van der Waals surface area contributed by atoms with Gasteiger partial charge in [-0.15, -0.1) is 0 Å². The van der Waals surface area contributed by atoms with Crippen LogP contribution in [-0.4, -0.2) is 49.6 Å². The molecule has 4 rings (SSSR count). The molecule has 2 heterocycles. The van der Waals surface area contributed by atoms with Crippen LogP contribution in [0.1, 0.15) is 18.4 Å². The summed E-state index contributed by atoms with van der Waals surface area (Å²) in [7, 11) is 0. The summed E-state index contributed by atoms with van der Waals surface area (Å²) < 4.78 is 54.8. The second-order valence-corrected chi connectivity index (χ2v) is 7.13. The standard InChI is InChI=1S/C18H19F3N2O5/c19-18(20,21)10-2-1-3-11(6-10)22-17(25)28-13-8-27-14-12(7-26-15(13)14)23-16(24)9-4-5-9/h1-3,6,9,12-15H,4-5,7-8H2,(H,22,25)(H,23,24)/t12-,13+,14+,15+/m0/s1. The molecular formula is C18H19F3N2O5. The van der Waals surface area contributed by atoms with E-state index in [0.717, 1.165) is 25.0 Å². The van der Waals surface area contributed by atoms with E-state index in [0.29, 0.717) is 0 Å². The van der Waals surface area contributed by atoms with Crippen molar-refractivity contribution >= 4 is 17.7 Å². The van der Waals surface area contributed by atoms with E-state index < -0.39 is 36.1 Å². The maximum absolute atomic E-state index is 12.8. The molecule has 0 spiro atoms. The zero-order valence-corrected chi connectivity index (χ0v) is 14.7. The van der Waals surface area contributed by atoms with Gasteiger partial charge in [0, 0.05) is 11.6 Å². The number of fused-ring (bicyclic) bond motifs is 1. The summed E-state index contributed by atoms with van der Waals surface area (Å²) in [5.41, 5.74) is -0.903. The van der Waals surface area contributed by atoms with E-state index in [1.165, 1.54) is 12.1 Å². The third-order valence-electron chi connectivity index (χ3n) is 4.98. The number of halogens is 3. The molecule has 3 aliphatic rings. The number of amides is 2. The van der Waals surface area contributed by atoms with Crippen molar-refractivity contribution < 1.29 is 37.0 Å². The molecule has 1 saturated carbocycles. The molecule has 0 bridgehead atoms. The second kappa shape index (κ2) is 7.25. The number of alkyl halides is 3. The van der Waals surface area contributed by atoms with Crippen molar-refractivity contribution in [3.05, 3.63) is 29.8 Å². The third kappa shape index (κ3) is 4.07. The molecule has 1 aromatic carbocycles. The van der Waals surface area contributed by atoms with Gasteiger partial charge in [-0.3, -0.25) is 10.1 Å². The van der Waals surface area contributed by atoms with Gasteiger partial charge in [0.25, 0.3) is 0 Å². The number of carbonyl (C=O) groups excluding carboxylic acids is 2. The lowest BCUT2D eigenvalue weighted by Crippen LogP contribution is -2.45. The summed E-state index contributed by atoms with van der Waals surface area (Å²) in [6.45, 7) is 0.337. The smallest absolute Gasteiger partial charge is 0.416 e. The van der Waals surface area contributed by atoms with Gasteiger partial charge in [-0.1, -0.05) is 6.07 Å². The number of rotatable bonds is 4. The van der Waals surface area contributed by atoms with E-state index in [1.807, 2.05) is 0 Å². The van der Waals surface area contributed by atoms with E-state index in [2.05, 4.69) is 10.6 Å². The Morgan fingerprint density at radius 2 is 1.86 bits per heavy atom. The van der Waals surface area contributed by atoms with E-state index in [-0.39, 0.29) is 36.8 Å². The lowest BCUT2D eigenvalue weighted by molar-refractivity contribution is -0.137. The molecule has 2 aliphatic heterocycles. The first kappa shape index (κ1) is 19.0. The van der Waals surface area contributed by atoms with E-state index in [9.17, 15) is 22.8 Å². The molecule has 1 aromatic rings. The van der Waals surface area contributed by atoms with Crippen molar-refractivity contribution in [2.75, 3.05) is 18.5 Å². The molecule has 10 heteroatoms. The van der Waals surface area contributed by atoms with Crippen molar-refractivity contribution in [1.29, 1.82) is 0 Å². The monoisotopic (exact) mass is 400 g/mol. The van der Waals surface area contributed by atoms with Crippen LogP contribution in [-0.2, 0) is 25.2 Å². The van der Waals surface area contributed by atoms with Gasteiger partial charge >= 0.3 is 12.3 Å². The Balaban J connectivity index is 1.31. The van der Waals surface area contributed by atoms with Gasteiger partial charge in [0.15, 0.2) is 6.10 Å². The lowest BCUT2D eigenvalue weighted by Gasteiger charge is -2.18. The first-order chi connectivity index (χ1) is 13.3. The predicted molar refractivity (Wildman–Crippen MR) is 89.5 cm³/mol. The van der Waals surface area contributed by atoms with E-state index >= 15 is 0 Å². The number of carbonyl (C=O) groups is 2. The molecule has 1 aliphatic carbocycles. The van der Waals surface area contributed by atoms with Crippen LogP contribution in [0.5, 0.6) is 0 Å². The molecule has 4 atom stereocenters. The van der Waals surface area contributed by atoms with Crippen molar-refractivity contribution in [2.45, 2.75) is 43.4 Å². The van der Waals surface area contributed by atoms with E-state index in [1.54, 1.807) is 0 Å². The van der Waals surface area contributed by atoms with Crippen molar-refractivity contribution in [1.82, 2.24) is 5.32 Å². The predicted octanol–water partition coefficient (Wildman–Crippen LogP) is 2.31. The average molecular weight is 400 g/mol. The van der Waals surface area contributed by atoms with Gasteiger partial charge in [0.05, 0.1) is 24.8 Å². The Labute approximate surface area is 158 Å². The maximum atomic E-state index is 12.8. The highest BCUT2D eigenvalue weighted by atomic mass is 19.4. The SMILES string of the molecule is O=C(Nc1cccc(C(F)(F)F)c1)O[C@@H]1CO[C@H]2[C@@H]1OC[C@@H]2NC(=O)C1CC1. The summed E-state index contributed by atoms with van der Waals surface area (Å²) in [5, 5.41) is 5.18. The van der Waals surface area contributed by atoms with Gasteiger partial charge in [0.2, 0.25) is 5.91 Å². The van der Waals surface area contributed by atoms with Crippen LogP contribution < -0.4 is 10.6 Å². The minimum Gasteiger partial charge on any atom is -0.441 e. The fourth-order valence-electron chi connectivity index (χ4n) is 3.39. The fourth-order valence-corrected chi connectivity index (χ4v) is 3.39. The average Bonchev–Trinajstić information content (AvgIpc) is 3.31. The quantitative estimate of drug-likeness (QED) is 0.810. The van der Waals surface area contributed by atoms with Crippen LogP contribution in [0, 0.1) is 5.92 Å².